The Hall–Kier alpha value is -2.82. The summed E-state index contributed by atoms with van der Waals surface area (Å²) in [6.07, 6.45) is -0.921. The Morgan fingerprint density at radius 3 is 2.32 bits per heavy atom. The Labute approximate surface area is 167 Å². The summed E-state index contributed by atoms with van der Waals surface area (Å²) in [5.74, 6) is -0.0939. The van der Waals surface area contributed by atoms with Crippen LogP contribution in [0.2, 0.25) is 0 Å². The average Bonchev–Trinajstić information content (AvgIpc) is 2.64. The highest BCUT2D eigenvalue weighted by Crippen LogP contribution is 2.27. The van der Waals surface area contributed by atoms with E-state index in [2.05, 4.69) is 19.2 Å². The highest BCUT2D eigenvalue weighted by Gasteiger charge is 2.20. The normalized spacial score (nSPS) is 11.8. The third-order valence-corrected chi connectivity index (χ3v) is 4.69. The maximum absolute atomic E-state index is 12.5. The highest BCUT2D eigenvalue weighted by molar-refractivity contribution is 5.96. The summed E-state index contributed by atoms with van der Waals surface area (Å²) in [6, 6.07) is 11.5. The van der Waals surface area contributed by atoms with Gasteiger partial charge in [0, 0.05) is 5.69 Å². The molecule has 0 saturated carbocycles. The van der Waals surface area contributed by atoms with E-state index in [1.807, 2.05) is 51.1 Å². The van der Waals surface area contributed by atoms with E-state index in [1.54, 1.807) is 13.0 Å². The zero-order valence-corrected chi connectivity index (χ0v) is 17.5. The lowest BCUT2D eigenvalue weighted by Crippen LogP contribution is -2.32. The van der Waals surface area contributed by atoms with Crippen LogP contribution in [0, 0.1) is 20.8 Å². The molecule has 0 aliphatic carbocycles. The van der Waals surface area contributed by atoms with E-state index >= 15 is 0 Å². The fourth-order valence-corrected chi connectivity index (χ4v) is 2.80. The van der Waals surface area contributed by atoms with Crippen molar-refractivity contribution in [2.75, 3.05) is 11.9 Å². The SMILES string of the molecule is Cc1ccc(OCC(=O)O[C@@H](C)C(=O)Nc2c(C)cccc2C(C)C)cc1C. The maximum Gasteiger partial charge on any atom is 0.344 e. The van der Waals surface area contributed by atoms with Gasteiger partial charge in [-0.3, -0.25) is 4.79 Å². The van der Waals surface area contributed by atoms with Gasteiger partial charge in [-0.1, -0.05) is 38.1 Å². The van der Waals surface area contributed by atoms with Gasteiger partial charge in [0.25, 0.3) is 5.91 Å². The molecular formula is C23H29NO4. The molecule has 5 heteroatoms. The first kappa shape index (κ1) is 21.5. The van der Waals surface area contributed by atoms with Gasteiger partial charge in [-0.25, -0.2) is 4.79 Å². The van der Waals surface area contributed by atoms with Crippen LogP contribution in [0.25, 0.3) is 0 Å². The molecule has 28 heavy (non-hydrogen) atoms. The van der Waals surface area contributed by atoms with E-state index in [1.165, 1.54) is 0 Å². The van der Waals surface area contributed by atoms with Crippen LogP contribution < -0.4 is 10.1 Å². The number of ether oxygens (including phenoxy) is 2. The molecule has 0 aliphatic heterocycles. The molecule has 0 spiro atoms. The van der Waals surface area contributed by atoms with Gasteiger partial charge in [-0.2, -0.15) is 0 Å². The van der Waals surface area contributed by atoms with Crippen LogP contribution >= 0.6 is 0 Å². The fraction of sp³-hybridized carbons (Fsp3) is 0.391. The second-order valence-electron chi connectivity index (χ2n) is 7.35. The standard InChI is InChI=1S/C23H29NO4/c1-14(2)20-9-7-8-16(4)22(20)24-23(26)18(6)28-21(25)13-27-19-11-10-15(3)17(5)12-19/h7-12,14,18H,13H2,1-6H3,(H,24,26)/t18-/m0/s1. The van der Waals surface area contributed by atoms with Crippen molar-refractivity contribution in [1.29, 1.82) is 0 Å². The monoisotopic (exact) mass is 383 g/mol. The average molecular weight is 383 g/mol. The zero-order chi connectivity index (χ0) is 20.8. The van der Waals surface area contributed by atoms with Gasteiger partial charge in [0.2, 0.25) is 0 Å². The van der Waals surface area contributed by atoms with E-state index in [0.29, 0.717) is 5.75 Å². The summed E-state index contributed by atoms with van der Waals surface area (Å²) in [7, 11) is 0. The third kappa shape index (κ3) is 5.59. The van der Waals surface area contributed by atoms with E-state index in [4.69, 9.17) is 9.47 Å². The molecule has 2 rings (SSSR count). The van der Waals surface area contributed by atoms with Crippen LogP contribution in [0.3, 0.4) is 0 Å². The van der Waals surface area contributed by atoms with Gasteiger partial charge in [-0.05, 0) is 68.0 Å². The topological polar surface area (TPSA) is 64.6 Å². The van der Waals surface area contributed by atoms with E-state index in [0.717, 1.165) is 27.9 Å². The third-order valence-electron chi connectivity index (χ3n) is 4.69. The molecule has 0 fully saturated rings. The number of esters is 1. The minimum atomic E-state index is -0.921. The van der Waals surface area contributed by atoms with Gasteiger partial charge < -0.3 is 14.8 Å². The molecular weight excluding hydrogens is 354 g/mol. The number of hydrogen-bond donors (Lipinski definition) is 1. The number of aryl methyl sites for hydroxylation is 3. The predicted octanol–water partition coefficient (Wildman–Crippen LogP) is 4.68. The second-order valence-corrected chi connectivity index (χ2v) is 7.35. The molecule has 0 radical (unpaired) electrons. The van der Waals surface area contributed by atoms with Crippen molar-refractivity contribution in [3.63, 3.8) is 0 Å². The van der Waals surface area contributed by atoms with Crippen LogP contribution in [-0.4, -0.2) is 24.6 Å². The molecule has 0 bridgehead atoms. The van der Waals surface area contributed by atoms with Crippen molar-refractivity contribution in [3.05, 3.63) is 58.7 Å². The Balaban J connectivity index is 1.93. The Morgan fingerprint density at radius 1 is 0.964 bits per heavy atom. The number of para-hydroxylation sites is 1. The molecule has 5 nitrogen and oxygen atoms in total. The number of amides is 1. The molecule has 0 unspecified atom stereocenters. The van der Waals surface area contributed by atoms with Crippen LogP contribution in [0.15, 0.2) is 36.4 Å². The van der Waals surface area contributed by atoms with E-state index < -0.39 is 12.1 Å². The molecule has 1 amide bonds. The van der Waals surface area contributed by atoms with Gasteiger partial charge in [0.1, 0.15) is 5.75 Å². The van der Waals surface area contributed by atoms with Gasteiger partial charge in [0.15, 0.2) is 12.7 Å². The summed E-state index contributed by atoms with van der Waals surface area (Å²) in [5.41, 5.74) is 5.02. The molecule has 1 atom stereocenters. The maximum atomic E-state index is 12.5. The van der Waals surface area contributed by atoms with Gasteiger partial charge in [-0.15, -0.1) is 0 Å². The van der Waals surface area contributed by atoms with Gasteiger partial charge >= 0.3 is 5.97 Å². The summed E-state index contributed by atoms with van der Waals surface area (Å²) in [6.45, 7) is 11.4. The highest BCUT2D eigenvalue weighted by atomic mass is 16.6. The Morgan fingerprint density at radius 2 is 1.68 bits per heavy atom. The molecule has 150 valence electrons. The lowest BCUT2D eigenvalue weighted by molar-refractivity contribution is -0.155. The van der Waals surface area contributed by atoms with Crippen LogP contribution in [0.5, 0.6) is 5.75 Å². The number of benzene rings is 2. The van der Waals surface area contributed by atoms with Crippen molar-refractivity contribution >= 4 is 17.6 Å². The van der Waals surface area contributed by atoms with Gasteiger partial charge in [0.05, 0.1) is 0 Å². The Kier molecular flexibility index (Phi) is 7.21. The number of anilines is 1. The Bertz CT molecular complexity index is 858. The molecule has 0 heterocycles. The molecule has 1 N–H and O–H groups in total. The smallest absolute Gasteiger partial charge is 0.344 e. The zero-order valence-electron chi connectivity index (χ0n) is 17.5. The summed E-state index contributed by atoms with van der Waals surface area (Å²) < 4.78 is 10.7. The first-order valence-corrected chi connectivity index (χ1v) is 9.49. The predicted molar refractivity (Wildman–Crippen MR) is 111 cm³/mol. The van der Waals surface area contributed by atoms with Crippen molar-refractivity contribution in [2.24, 2.45) is 0 Å². The van der Waals surface area contributed by atoms with Crippen molar-refractivity contribution in [3.8, 4) is 5.75 Å². The van der Waals surface area contributed by atoms with E-state index in [-0.39, 0.29) is 18.4 Å². The molecule has 0 aromatic heterocycles. The van der Waals surface area contributed by atoms with Crippen molar-refractivity contribution in [2.45, 2.75) is 53.6 Å². The number of hydrogen-bond acceptors (Lipinski definition) is 4. The lowest BCUT2D eigenvalue weighted by atomic mass is 9.98. The number of carbonyl (C=O) groups is 2. The molecule has 2 aromatic rings. The number of nitrogens with one attached hydrogen (secondary N) is 1. The lowest BCUT2D eigenvalue weighted by Gasteiger charge is -2.19. The van der Waals surface area contributed by atoms with Crippen molar-refractivity contribution < 1.29 is 19.1 Å². The summed E-state index contributed by atoms with van der Waals surface area (Å²) in [5, 5.41) is 2.90. The largest absolute Gasteiger partial charge is 0.482 e. The van der Waals surface area contributed by atoms with Crippen LogP contribution in [0.1, 0.15) is 48.9 Å². The summed E-state index contributed by atoms with van der Waals surface area (Å²) >= 11 is 0. The number of rotatable bonds is 7. The molecule has 0 aliphatic rings. The fourth-order valence-electron chi connectivity index (χ4n) is 2.80. The van der Waals surface area contributed by atoms with Crippen LogP contribution in [0.4, 0.5) is 5.69 Å². The minimum absolute atomic E-state index is 0.248. The first-order chi connectivity index (χ1) is 13.2. The second kappa shape index (κ2) is 9.40. The first-order valence-electron chi connectivity index (χ1n) is 9.49. The number of carbonyl (C=O) groups excluding carboxylic acids is 2. The minimum Gasteiger partial charge on any atom is -0.482 e. The van der Waals surface area contributed by atoms with Crippen molar-refractivity contribution in [1.82, 2.24) is 0 Å². The summed E-state index contributed by atoms with van der Waals surface area (Å²) in [4.78, 5) is 24.6. The van der Waals surface area contributed by atoms with Crippen LogP contribution in [-0.2, 0) is 14.3 Å². The molecule has 2 aromatic carbocycles. The quantitative estimate of drug-likeness (QED) is 0.705. The molecule has 0 saturated heterocycles. The van der Waals surface area contributed by atoms with E-state index in [9.17, 15) is 9.59 Å².